The number of carbonyl (C=O) groups is 1. The zero-order chi connectivity index (χ0) is 19.6. The fraction of sp³-hybridized carbons (Fsp3) is 0.0952. The molecular formula is C21H18FNO4. The highest BCUT2D eigenvalue weighted by Crippen LogP contribution is 2.34. The molecule has 0 aromatic heterocycles. The van der Waals surface area contributed by atoms with Gasteiger partial charge in [-0.1, -0.05) is 36.4 Å². The molecule has 0 saturated heterocycles. The number of carbonyl (C=O) groups excluding carboxylic acids is 1. The van der Waals surface area contributed by atoms with Crippen molar-refractivity contribution < 1.29 is 24.7 Å². The second-order valence-corrected chi connectivity index (χ2v) is 6.25. The van der Waals surface area contributed by atoms with E-state index in [1.54, 1.807) is 36.4 Å². The molecule has 138 valence electrons. The molecule has 27 heavy (non-hydrogen) atoms. The van der Waals surface area contributed by atoms with E-state index in [0.29, 0.717) is 16.7 Å². The van der Waals surface area contributed by atoms with Crippen LogP contribution >= 0.6 is 0 Å². The third kappa shape index (κ3) is 4.03. The number of rotatable bonds is 5. The Balaban J connectivity index is 1.98. The van der Waals surface area contributed by atoms with Crippen LogP contribution in [-0.4, -0.2) is 16.1 Å². The maximum absolute atomic E-state index is 15.1. The molecule has 3 N–H and O–H groups in total. The van der Waals surface area contributed by atoms with E-state index in [9.17, 15) is 15.1 Å². The summed E-state index contributed by atoms with van der Waals surface area (Å²) in [6.45, 7) is 1.42. The zero-order valence-electron chi connectivity index (χ0n) is 14.6. The van der Waals surface area contributed by atoms with E-state index >= 15 is 4.39 Å². The molecule has 0 spiro atoms. The standard InChI is InChI=1S/C21H18FNO4/c1-13(24)15-3-2-4-16(12-15)20-19(25)10-7-17(21(20)22)11-14-5-8-18(9-6-14)23(26)27/h2-10,12,23,25-26H,11H2,1H3. The first-order valence-electron chi connectivity index (χ1n) is 8.30. The van der Waals surface area contributed by atoms with Crippen LogP contribution in [0.3, 0.4) is 0 Å². The van der Waals surface area contributed by atoms with Crippen LogP contribution in [0.2, 0.25) is 0 Å². The van der Waals surface area contributed by atoms with Gasteiger partial charge in [0.05, 0.1) is 5.56 Å². The molecule has 0 bridgehead atoms. The van der Waals surface area contributed by atoms with Crippen LogP contribution in [-0.2, 0) is 6.42 Å². The van der Waals surface area contributed by atoms with Crippen molar-refractivity contribution in [2.75, 3.05) is 0 Å². The van der Waals surface area contributed by atoms with Gasteiger partial charge >= 0.3 is 0 Å². The summed E-state index contributed by atoms with van der Waals surface area (Å²) in [5.74, 6) is -0.928. The number of hydrogen-bond acceptors (Lipinski definition) is 4. The van der Waals surface area contributed by atoms with Gasteiger partial charge in [0.1, 0.15) is 11.6 Å². The molecule has 3 aromatic carbocycles. The first-order chi connectivity index (χ1) is 12.9. The Kier molecular flexibility index (Phi) is 5.32. The first kappa shape index (κ1) is 18.7. The number of aromatic hydroxyl groups is 1. The molecule has 5 nitrogen and oxygen atoms in total. The summed E-state index contributed by atoms with van der Waals surface area (Å²) >= 11 is 0. The molecule has 0 aliphatic carbocycles. The Morgan fingerprint density at radius 3 is 2.44 bits per heavy atom. The molecule has 0 saturated carbocycles. The van der Waals surface area contributed by atoms with Crippen LogP contribution in [0.4, 0.5) is 10.1 Å². The van der Waals surface area contributed by atoms with E-state index in [4.69, 9.17) is 5.21 Å². The van der Waals surface area contributed by atoms with Crippen molar-refractivity contribution in [1.82, 2.24) is 0 Å². The van der Waals surface area contributed by atoms with Crippen molar-refractivity contribution in [3.05, 3.63) is 88.4 Å². The monoisotopic (exact) mass is 367 g/mol. The fourth-order valence-electron chi connectivity index (χ4n) is 2.90. The van der Waals surface area contributed by atoms with Gasteiger partial charge in [-0.2, -0.15) is 5.23 Å². The Labute approximate surface area is 155 Å². The predicted molar refractivity (Wildman–Crippen MR) is 98.5 cm³/mol. The minimum Gasteiger partial charge on any atom is -0.595 e. The van der Waals surface area contributed by atoms with Gasteiger partial charge < -0.3 is 10.3 Å². The smallest absolute Gasteiger partial charge is 0.163 e. The van der Waals surface area contributed by atoms with E-state index < -0.39 is 11.0 Å². The number of quaternary nitrogens is 1. The number of nitrogens with one attached hydrogen (secondary N) is 1. The van der Waals surface area contributed by atoms with Crippen molar-refractivity contribution in [2.24, 2.45) is 0 Å². The number of phenols is 1. The van der Waals surface area contributed by atoms with Gasteiger partial charge in [0, 0.05) is 24.1 Å². The number of benzene rings is 3. The van der Waals surface area contributed by atoms with Crippen LogP contribution in [0.5, 0.6) is 5.75 Å². The van der Waals surface area contributed by atoms with Crippen LogP contribution in [0.1, 0.15) is 28.4 Å². The van der Waals surface area contributed by atoms with E-state index in [1.807, 2.05) is 0 Å². The summed E-state index contributed by atoms with van der Waals surface area (Å²) in [7, 11) is 0. The maximum Gasteiger partial charge on any atom is 0.163 e. The number of phenolic OH excluding ortho intramolecular Hbond substituents is 1. The van der Waals surface area contributed by atoms with Gasteiger partial charge in [-0.3, -0.25) is 4.79 Å². The summed E-state index contributed by atoms with van der Waals surface area (Å²) in [6, 6.07) is 15.6. The Hall–Kier alpha value is -3.06. The molecule has 0 aliphatic rings. The summed E-state index contributed by atoms with van der Waals surface area (Å²) in [5, 5.41) is 29.0. The van der Waals surface area contributed by atoms with Crippen LogP contribution in [0.15, 0.2) is 60.7 Å². The topological polar surface area (TPSA) is 85.0 Å². The van der Waals surface area contributed by atoms with Gasteiger partial charge in [-0.25, -0.2) is 9.60 Å². The average molecular weight is 367 g/mol. The van der Waals surface area contributed by atoms with Crippen molar-refractivity contribution in [1.29, 1.82) is 0 Å². The summed E-state index contributed by atoms with van der Waals surface area (Å²) in [6.07, 6.45) is 0.241. The molecule has 0 radical (unpaired) electrons. The molecule has 1 atom stereocenters. The Bertz CT molecular complexity index is 984. The Morgan fingerprint density at radius 2 is 1.81 bits per heavy atom. The lowest BCUT2D eigenvalue weighted by molar-refractivity contribution is -0.991. The fourth-order valence-corrected chi connectivity index (χ4v) is 2.90. The lowest BCUT2D eigenvalue weighted by atomic mass is 9.95. The highest BCUT2D eigenvalue weighted by atomic mass is 19.1. The Morgan fingerprint density at radius 1 is 1.11 bits per heavy atom. The number of Topliss-reactive ketones (excluding diaryl/α,β-unsaturated/α-hetero) is 1. The minimum absolute atomic E-state index is 0.0396. The van der Waals surface area contributed by atoms with E-state index in [2.05, 4.69) is 0 Å². The van der Waals surface area contributed by atoms with Crippen molar-refractivity contribution in [3.63, 3.8) is 0 Å². The molecule has 0 heterocycles. The van der Waals surface area contributed by atoms with E-state index in [-0.39, 0.29) is 29.2 Å². The highest BCUT2D eigenvalue weighted by molar-refractivity contribution is 5.95. The van der Waals surface area contributed by atoms with Crippen LogP contribution in [0, 0.1) is 11.0 Å². The quantitative estimate of drug-likeness (QED) is 0.477. The van der Waals surface area contributed by atoms with Gasteiger partial charge in [-0.05, 0) is 35.7 Å². The average Bonchev–Trinajstić information content (AvgIpc) is 2.65. The molecule has 0 aliphatic heterocycles. The van der Waals surface area contributed by atoms with E-state index in [1.165, 1.54) is 31.2 Å². The van der Waals surface area contributed by atoms with Crippen molar-refractivity contribution in [3.8, 4) is 16.9 Å². The molecule has 3 aromatic rings. The SMILES string of the molecule is CC(=O)c1cccc(-c2c(O)ccc(Cc3ccc([NH+]([O-])O)cc3)c2F)c1. The number of ketones is 1. The molecule has 0 amide bonds. The maximum atomic E-state index is 15.1. The van der Waals surface area contributed by atoms with E-state index in [0.717, 1.165) is 5.56 Å². The minimum atomic E-state index is -1.02. The van der Waals surface area contributed by atoms with Gasteiger partial charge in [0.25, 0.3) is 0 Å². The zero-order valence-corrected chi connectivity index (χ0v) is 14.6. The molecule has 3 rings (SSSR count). The lowest BCUT2D eigenvalue weighted by Gasteiger charge is -2.13. The highest BCUT2D eigenvalue weighted by Gasteiger charge is 2.16. The van der Waals surface area contributed by atoms with Gasteiger partial charge in [0.15, 0.2) is 11.5 Å². The largest absolute Gasteiger partial charge is 0.595 e. The van der Waals surface area contributed by atoms with Crippen molar-refractivity contribution >= 4 is 11.5 Å². The van der Waals surface area contributed by atoms with Gasteiger partial charge in [-0.15, -0.1) is 0 Å². The second-order valence-electron chi connectivity index (χ2n) is 6.25. The molecular weight excluding hydrogens is 349 g/mol. The number of hydrogen-bond donors (Lipinski definition) is 3. The molecule has 6 heteroatoms. The third-order valence-electron chi connectivity index (χ3n) is 4.35. The third-order valence-corrected chi connectivity index (χ3v) is 4.35. The summed E-state index contributed by atoms with van der Waals surface area (Å²) in [4.78, 5) is 11.6. The number of halogens is 1. The normalized spacial score (nSPS) is 12.0. The first-order valence-corrected chi connectivity index (χ1v) is 8.30. The van der Waals surface area contributed by atoms with Crippen LogP contribution in [0.25, 0.3) is 11.1 Å². The van der Waals surface area contributed by atoms with Crippen molar-refractivity contribution in [2.45, 2.75) is 13.3 Å². The second kappa shape index (κ2) is 7.67. The summed E-state index contributed by atoms with van der Waals surface area (Å²) in [5.41, 5.74) is 2.15. The molecule has 1 unspecified atom stereocenters. The summed E-state index contributed by atoms with van der Waals surface area (Å²) < 4.78 is 15.1. The van der Waals surface area contributed by atoms with Crippen LogP contribution < -0.4 is 5.23 Å². The molecule has 0 fully saturated rings. The lowest BCUT2D eigenvalue weighted by Crippen LogP contribution is -2.99. The predicted octanol–water partition coefficient (Wildman–Crippen LogP) is 3.40. The van der Waals surface area contributed by atoms with Gasteiger partial charge in [0.2, 0.25) is 0 Å².